The third-order valence-corrected chi connectivity index (χ3v) is 8.10. The number of rotatable bonds is 11. The van der Waals surface area contributed by atoms with E-state index in [1.165, 1.54) is 6.21 Å². The van der Waals surface area contributed by atoms with Gasteiger partial charge in [-0.05, 0) is 74.9 Å². The predicted molar refractivity (Wildman–Crippen MR) is 140 cm³/mol. The number of nitrogens with one attached hydrogen (secondary N) is 1. The van der Waals surface area contributed by atoms with E-state index in [1.807, 2.05) is 13.1 Å². The molecule has 1 aliphatic heterocycles. The molecule has 7 unspecified atom stereocenters. The first-order valence-electron chi connectivity index (χ1n) is 13.2. The van der Waals surface area contributed by atoms with Crippen molar-refractivity contribution < 1.29 is 13.5 Å². The van der Waals surface area contributed by atoms with E-state index in [0.29, 0.717) is 23.7 Å². The van der Waals surface area contributed by atoms with E-state index >= 15 is 0 Å². The summed E-state index contributed by atoms with van der Waals surface area (Å²) in [6.45, 7) is 9.71. The Labute approximate surface area is 209 Å². The molecule has 4 aliphatic rings. The zero-order chi connectivity index (χ0) is 25.2. The van der Waals surface area contributed by atoms with E-state index in [-0.39, 0.29) is 31.0 Å². The SMILES string of the molecule is C=C(C)C1C=CC(C=CC2CC2OC(C)C2=CCCC(C3CC3CC(F)(F)CC)C=N2)=C(C=N)C1. The summed E-state index contributed by atoms with van der Waals surface area (Å²) in [6, 6.07) is 0. The Balaban J connectivity index is 1.25. The number of allylic oxidation sites excluding steroid dienone is 7. The minimum Gasteiger partial charge on any atom is -0.368 e. The molecule has 2 saturated carbocycles. The van der Waals surface area contributed by atoms with Gasteiger partial charge in [-0.1, -0.05) is 49.5 Å². The number of nitrogens with zero attached hydrogens (tertiary/aromatic N) is 1. The largest absolute Gasteiger partial charge is 0.368 e. The second-order valence-corrected chi connectivity index (χ2v) is 10.9. The third kappa shape index (κ3) is 6.75. The van der Waals surface area contributed by atoms with Gasteiger partial charge in [0.2, 0.25) is 5.92 Å². The zero-order valence-corrected chi connectivity index (χ0v) is 21.4. The van der Waals surface area contributed by atoms with Crippen LogP contribution in [-0.4, -0.2) is 30.6 Å². The second kappa shape index (κ2) is 10.9. The first kappa shape index (κ1) is 25.9. The molecule has 2 fully saturated rings. The fraction of sp³-hybridized carbons (Fsp3) is 0.600. The first-order chi connectivity index (χ1) is 16.7. The maximum absolute atomic E-state index is 13.7. The van der Waals surface area contributed by atoms with E-state index < -0.39 is 5.92 Å². The lowest BCUT2D eigenvalue weighted by atomic mass is 9.86. The molecule has 1 N–H and O–H groups in total. The highest BCUT2D eigenvalue weighted by molar-refractivity contribution is 5.80. The fourth-order valence-electron chi connectivity index (χ4n) is 5.39. The highest BCUT2D eigenvalue weighted by atomic mass is 19.3. The normalized spacial score (nSPS) is 33.5. The van der Waals surface area contributed by atoms with E-state index in [1.54, 1.807) is 6.92 Å². The van der Waals surface area contributed by atoms with E-state index in [4.69, 9.17) is 15.1 Å². The Morgan fingerprint density at radius 2 is 2.17 bits per heavy atom. The fourth-order valence-corrected chi connectivity index (χ4v) is 5.39. The molecule has 0 aromatic rings. The van der Waals surface area contributed by atoms with E-state index in [2.05, 4.69) is 43.9 Å². The first-order valence-corrected chi connectivity index (χ1v) is 13.2. The summed E-state index contributed by atoms with van der Waals surface area (Å²) in [4.78, 5) is 4.74. The Morgan fingerprint density at radius 1 is 1.37 bits per heavy atom. The zero-order valence-electron chi connectivity index (χ0n) is 21.4. The molecule has 3 aliphatic carbocycles. The molecule has 0 saturated heterocycles. The molecule has 0 spiro atoms. The molecule has 0 bridgehead atoms. The molecule has 0 radical (unpaired) electrons. The Bertz CT molecular complexity index is 973. The average Bonchev–Trinajstić information content (AvgIpc) is 3.74. The molecular formula is C30H40F2N2O. The van der Waals surface area contributed by atoms with Crippen LogP contribution in [0.5, 0.6) is 0 Å². The van der Waals surface area contributed by atoms with Crippen LogP contribution in [0, 0.1) is 35.0 Å². The smallest absolute Gasteiger partial charge is 0.248 e. The number of hydrogen-bond acceptors (Lipinski definition) is 3. The maximum Gasteiger partial charge on any atom is 0.248 e. The van der Waals surface area contributed by atoms with Crippen LogP contribution in [0.25, 0.3) is 0 Å². The van der Waals surface area contributed by atoms with Crippen LogP contribution in [0.2, 0.25) is 0 Å². The van der Waals surface area contributed by atoms with Crippen LogP contribution in [-0.2, 0) is 4.74 Å². The molecule has 190 valence electrons. The number of hydrogen-bond donors (Lipinski definition) is 1. The Kier molecular flexibility index (Phi) is 8.05. The topological polar surface area (TPSA) is 45.4 Å². The Morgan fingerprint density at radius 3 is 2.89 bits per heavy atom. The molecule has 35 heavy (non-hydrogen) atoms. The number of aliphatic imine (C=N–C) groups is 1. The standard InChI is InChI=1S/C30H40F2N2O/c1-5-30(31,32)16-25-14-27(25)24-7-6-8-28(34-18-24)20(4)35-29-15-23(29)12-10-21-9-11-22(19(2)3)13-26(21)17-33/h8-12,17-18,20,22-25,27,29,33H,2,5-7,13-16H2,1,3-4H3. The number of ether oxygens (including phenoxy) is 1. The summed E-state index contributed by atoms with van der Waals surface area (Å²) >= 11 is 0. The van der Waals surface area contributed by atoms with Crippen LogP contribution in [0.4, 0.5) is 8.78 Å². The van der Waals surface area contributed by atoms with Crippen molar-refractivity contribution in [3.63, 3.8) is 0 Å². The van der Waals surface area contributed by atoms with E-state index in [9.17, 15) is 8.78 Å². The van der Waals surface area contributed by atoms with Crippen LogP contribution in [0.3, 0.4) is 0 Å². The number of halogens is 2. The second-order valence-electron chi connectivity index (χ2n) is 10.9. The summed E-state index contributed by atoms with van der Waals surface area (Å²) < 4.78 is 33.8. The van der Waals surface area contributed by atoms with Crippen molar-refractivity contribution >= 4 is 12.4 Å². The third-order valence-electron chi connectivity index (χ3n) is 8.10. The van der Waals surface area contributed by atoms with Crippen molar-refractivity contribution in [2.24, 2.45) is 34.6 Å². The van der Waals surface area contributed by atoms with Crippen molar-refractivity contribution in [3.05, 3.63) is 59.4 Å². The van der Waals surface area contributed by atoms with Gasteiger partial charge in [0, 0.05) is 37.1 Å². The van der Waals surface area contributed by atoms with Crippen molar-refractivity contribution in [2.45, 2.75) is 83.8 Å². The van der Waals surface area contributed by atoms with Crippen LogP contribution < -0.4 is 0 Å². The quantitative estimate of drug-likeness (QED) is 0.236. The summed E-state index contributed by atoms with van der Waals surface area (Å²) in [6.07, 6.45) is 19.0. The summed E-state index contributed by atoms with van der Waals surface area (Å²) in [5, 5.41) is 7.77. The van der Waals surface area contributed by atoms with Crippen molar-refractivity contribution in [1.82, 2.24) is 0 Å². The minimum atomic E-state index is -2.53. The van der Waals surface area contributed by atoms with Gasteiger partial charge in [-0.2, -0.15) is 0 Å². The summed E-state index contributed by atoms with van der Waals surface area (Å²) in [7, 11) is 0. The van der Waals surface area contributed by atoms with Crippen LogP contribution in [0.15, 0.2) is 64.4 Å². The molecule has 0 aromatic heterocycles. The van der Waals surface area contributed by atoms with Gasteiger partial charge in [-0.15, -0.1) is 0 Å². The molecule has 0 aromatic carbocycles. The monoisotopic (exact) mass is 482 g/mol. The van der Waals surface area contributed by atoms with Gasteiger partial charge in [0.1, 0.15) is 0 Å². The molecule has 5 heteroatoms. The lowest BCUT2D eigenvalue weighted by Gasteiger charge is -2.19. The molecule has 3 nitrogen and oxygen atoms in total. The Hall–Kier alpha value is -2.14. The van der Waals surface area contributed by atoms with E-state index in [0.717, 1.165) is 54.5 Å². The summed E-state index contributed by atoms with van der Waals surface area (Å²) in [5.74, 6) is -1.02. The molecule has 1 heterocycles. The van der Waals surface area contributed by atoms with Crippen molar-refractivity contribution in [3.8, 4) is 0 Å². The van der Waals surface area contributed by atoms with Gasteiger partial charge in [-0.25, -0.2) is 8.78 Å². The molecule has 0 amide bonds. The van der Waals surface area contributed by atoms with Crippen molar-refractivity contribution in [2.75, 3.05) is 0 Å². The van der Waals surface area contributed by atoms with Crippen LogP contribution >= 0.6 is 0 Å². The highest BCUT2D eigenvalue weighted by Gasteiger charge is 2.47. The van der Waals surface area contributed by atoms with Gasteiger partial charge >= 0.3 is 0 Å². The van der Waals surface area contributed by atoms with Gasteiger partial charge in [0.25, 0.3) is 0 Å². The summed E-state index contributed by atoms with van der Waals surface area (Å²) in [5.41, 5.74) is 4.25. The predicted octanol–water partition coefficient (Wildman–Crippen LogP) is 7.87. The van der Waals surface area contributed by atoms with Gasteiger partial charge in [-0.3, -0.25) is 4.99 Å². The molecule has 7 atom stereocenters. The highest BCUT2D eigenvalue weighted by Crippen LogP contribution is 2.51. The molecular weight excluding hydrogens is 442 g/mol. The van der Waals surface area contributed by atoms with Crippen molar-refractivity contribution in [1.29, 1.82) is 5.41 Å². The minimum absolute atomic E-state index is 0.0252. The average molecular weight is 483 g/mol. The number of alkyl halides is 2. The lowest BCUT2D eigenvalue weighted by molar-refractivity contribution is -0.0183. The van der Waals surface area contributed by atoms with Gasteiger partial charge < -0.3 is 10.1 Å². The van der Waals surface area contributed by atoms with Crippen LogP contribution in [0.1, 0.15) is 65.7 Å². The lowest BCUT2D eigenvalue weighted by Crippen LogP contribution is -2.16. The molecule has 4 rings (SSSR count). The maximum atomic E-state index is 13.7. The van der Waals surface area contributed by atoms with Gasteiger partial charge in [0.05, 0.1) is 17.9 Å². The van der Waals surface area contributed by atoms with Gasteiger partial charge in [0.15, 0.2) is 0 Å².